The minimum absolute atomic E-state index is 0.755. The van der Waals surface area contributed by atoms with Crippen LogP contribution in [0.15, 0.2) is 36.4 Å². The molecule has 1 saturated carbocycles. The van der Waals surface area contributed by atoms with Crippen LogP contribution in [0.2, 0.25) is 0 Å². The Balaban J connectivity index is 1.56. The topological polar surface area (TPSA) is 3.24 Å². The molecule has 1 atom stereocenters. The third-order valence-corrected chi connectivity index (χ3v) is 4.94. The molecule has 2 fully saturated rings. The maximum Gasteiger partial charge on any atom is 0.00955 e. The van der Waals surface area contributed by atoms with Crippen molar-refractivity contribution in [1.82, 2.24) is 4.90 Å². The van der Waals surface area contributed by atoms with Gasteiger partial charge in [-0.3, -0.25) is 4.90 Å². The van der Waals surface area contributed by atoms with E-state index >= 15 is 0 Å². The number of benzene rings is 1. The Labute approximate surface area is 123 Å². The van der Waals surface area contributed by atoms with Crippen LogP contribution in [-0.2, 0) is 0 Å². The molecular formula is C19H27N. The highest BCUT2D eigenvalue weighted by atomic mass is 15.2. The highest BCUT2D eigenvalue weighted by Gasteiger charge is 2.25. The Morgan fingerprint density at radius 1 is 0.900 bits per heavy atom. The van der Waals surface area contributed by atoms with Gasteiger partial charge < -0.3 is 0 Å². The maximum atomic E-state index is 2.78. The molecule has 0 radical (unpaired) electrons. The fourth-order valence-corrected chi connectivity index (χ4v) is 3.79. The van der Waals surface area contributed by atoms with Crippen LogP contribution in [0, 0.1) is 5.92 Å². The molecule has 2 aliphatic rings. The van der Waals surface area contributed by atoms with Gasteiger partial charge in [0.2, 0.25) is 0 Å². The third-order valence-electron chi connectivity index (χ3n) is 4.94. The van der Waals surface area contributed by atoms with Crippen LogP contribution in [-0.4, -0.2) is 24.0 Å². The minimum Gasteiger partial charge on any atom is -0.300 e. The monoisotopic (exact) mass is 269 g/mol. The van der Waals surface area contributed by atoms with E-state index in [-0.39, 0.29) is 0 Å². The van der Waals surface area contributed by atoms with Gasteiger partial charge in [0.25, 0.3) is 0 Å². The first-order valence-electron chi connectivity index (χ1n) is 8.39. The summed E-state index contributed by atoms with van der Waals surface area (Å²) in [6.07, 6.45) is 14.7. The number of hydrogen-bond acceptors (Lipinski definition) is 1. The molecule has 1 aliphatic heterocycles. The van der Waals surface area contributed by atoms with Crippen molar-refractivity contribution >= 4 is 6.08 Å². The van der Waals surface area contributed by atoms with Crippen molar-refractivity contribution in [2.24, 2.45) is 5.92 Å². The van der Waals surface area contributed by atoms with E-state index in [4.69, 9.17) is 0 Å². The summed E-state index contributed by atoms with van der Waals surface area (Å²) >= 11 is 0. The van der Waals surface area contributed by atoms with E-state index in [1.807, 2.05) is 0 Å². The predicted molar refractivity (Wildman–Crippen MR) is 86.6 cm³/mol. The molecule has 0 spiro atoms. The molecule has 1 nitrogen and oxygen atoms in total. The molecule has 1 aliphatic carbocycles. The Morgan fingerprint density at radius 2 is 1.70 bits per heavy atom. The molecule has 0 bridgehead atoms. The number of hydrogen-bond donors (Lipinski definition) is 0. The summed E-state index contributed by atoms with van der Waals surface area (Å²) in [6, 6.07) is 11.6. The molecule has 108 valence electrons. The van der Waals surface area contributed by atoms with Crippen molar-refractivity contribution in [3.63, 3.8) is 0 Å². The lowest BCUT2D eigenvalue weighted by Gasteiger charge is -2.39. The maximum absolute atomic E-state index is 2.78. The van der Waals surface area contributed by atoms with E-state index in [0.29, 0.717) is 0 Å². The molecule has 1 saturated heterocycles. The van der Waals surface area contributed by atoms with Crippen LogP contribution in [0.3, 0.4) is 0 Å². The fourth-order valence-electron chi connectivity index (χ4n) is 3.79. The van der Waals surface area contributed by atoms with E-state index in [1.165, 1.54) is 63.6 Å². The third kappa shape index (κ3) is 3.73. The number of rotatable bonds is 3. The van der Waals surface area contributed by atoms with Crippen LogP contribution in [0.4, 0.5) is 0 Å². The Hall–Kier alpha value is -1.08. The molecule has 1 aromatic rings. The quantitative estimate of drug-likeness (QED) is 0.765. The first-order valence-corrected chi connectivity index (χ1v) is 8.39. The molecule has 1 heteroatoms. The minimum atomic E-state index is 0.755. The fraction of sp³-hybridized carbons (Fsp3) is 0.579. The summed E-state index contributed by atoms with van der Waals surface area (Å²) in [5.74, 6) is 0.755. The van der Waals surface area contributed by atoms with E-state index in [1.54, 1.807) is 0 Å². The van der Waals surface area contributed by atoms with Gasteiger partial charge in [0.15, 0.2) is 0 Å². The first kappa shape index (κ1) is 13.9. The van der Waals surface area contributed by atoms with E-state index in [2.05, 4.69) is 47.4 Å². The molecule has 1 heterocycles. The van der Waals surface area contributed by atoms with E-state index < -0.39 is 0 Å². The zero-order valence-electron chi connectivity index (χ0n) is 12.5. The largest absolute Gasteiger partial charge is 0.300 e. The van der Waals surface area contributed by atoms with Gasteiger partial charge in [0.05, 0.1) is 0 Å². The molecule has 3 rings (SSSR count). The highest BCUT2D eigenvalue weighted by Crippen LogP contribution is 2.27. The highest BCUT2D eigenvalue weighted by molar-refractivity contribution is 5.49. The van der Waals surface area contributed by atoms with Gasteiger partial charge in [-0.1, -0.05) is 61.7 Å². The Kier molecular flexibility index (Phi) is 4.91. The van der Waals surface area contributed by atoms with Gasteiger partial charge in [-0.2, -0.15) is 0 Å². The van der Waals surface area contributed by atoms with Crippen molar-refractivity contribution in [1.29, 1.82) is 0 Å². The van der Waals surface area contributed by atoms with Crippen molar-refractivity contribution < 1.29 is 0 Å². The van der Waals surface area contributed by atoms with Gasteiger partial charge in [-0.15, -0.1) is 0 Å². The first-order chi connectivity index (χ1) is 9.92. The van der Waals surface area contributed by atoms with Gasteiger partial charge in [0.1, 0.15) is 0 Å². The lowest BCUT2D eigenvalue weighted by Crippen LogP contribution is -2.43. The average molecular weight is 269 g/mol. The standard InChI is InChI=1S/C19H27N/c1-3-8-17(9-4-1)13-14-18-10-7-15-20(16-18)19-11-5-2-6-12-19/h1,3-4,8-9,13-14,18-19H,2,5-7,10-12,15-16H2/b14-13-. The second-order valence-corrected chi connectivity index (χ2v) is 6.46. The average Bonchev–Trinajstić information content (AvgIpc) is 2.55. The summed E-state index contributed by atoms with van der Waals surface area (Å²) in [4.78, 5) is 2.78. The van der Waals surface area contributed by atoms with E-state index in [9.17, 15) is 0 Å². The summed E-state index contributed by atoms with van der Waals surface area (Å²) in [7, 11) is 0. The van der Waals surface area contributed by atoms with Crippen molar-refractivity contribution in [3.8, 4) is 0 Å². The second-order valence-electron chi connectivity index (χ2n) is 6.46. The molecule has 0 aromatic heterocycles. The summed E-state index contributed by atoms with van der Waals surface area (Å²) in [5, 5.41) is 0. The molecule has 0 amide bonds. The second kappa shape index (κ2) is 7.08. The van der Waals surface area contributed by atoms with Crippen LogP contribution >= 0.6 is 0 Å². The lowest BCUT2D eigenvalue weighted by atomic mass is 9.90. The lowest BCUT2D eigenvalue weighted by molar-refractivity contribution is 0.112. The molecule has 0 N–H and O–H groups in total. The Bertz CT molecular complexity index is 417. The molecular weight excluding hydrogens is 242 g/mol. The van der Waals surface area contributed by atoms with Crippen LogP contribution in [0.1, 0.15) is 50.5 Å². The van der Waals surface area contributed by atoms with Gasteiger partial charge >= 0.3 is 0 Å². The Morgan fingerprint density at radius 3 is 2.50 bits per heavy atom. The van der Waals surface area contributed by atoms with Crippen LogP contribution in [0.25, 0.3) is 6.08 Å². The van der Waals surface area contributed by atoms with Crippen molar-refractivity contribution in [2.75, 3.05) is 13.1 Å². The number of likely N-dealkylation sites (tertiary alicyclic amines) is 1. The van der Waals surface area contributed by atoms with Crippen LogP contribution in [0.5, 0.6) is 0 Å². The van der Waals surface area contributed by atoms with E-state index in [0.717, 1.165) is 12.0 Å². The zero-order valence-corrected chi connectivity index (χ0v) is 12.5. The molecule has 1 unspecified atom stereocenters. The zero-order chi connectivity index (χ0) is 13.6. The normalized spacial score (nSPS) is 26.1. The van der Waals surface area contributed by atoms with Crippen LogP contribution < -0.4 is 0 Å². The SMILES string of the molecule is C(=C/C1CCCN(C2CCCCC2)C1)/c1ccccc1. The summed E-state index contributed by atoms with van der Waals surface area (Å²) < 4.78 is 0. The van der Waals surface area contributed by atoms with Crippen molar-refractivity contribution in [3.05, 3.63) is 42.0 Å². The summed E-state index contributed by atoms with van der Waals surface area (Å²) in [5.41, 5.74) is 1.34. The molecule has 20 heavy (non-hydrogen) atoms. The van der Waals surface area contributed by atoms with Crippen molar-refractivity contribution in [2.45, 2.75) is 51.0 Å². The number of piperidine rings is 1. The number of nitrogens with zero attached hydrogens (tertiary/aromatic N) is 1. The van der Waals surface area contributed by atoms with Gasteiger partial charge in [0, 0.05) is 12.6 Å². The molecule has 1 aromatic carbocycles. The van der Waals surface area contributed by atoms with Gasteiger partial charge in [-0.05, 0) is 43.7 Å². The van der Waals surface area contributed by atoms with Gasteiger partial charge in [-0.25, -0.2) is 0 Å². The predicted octanol–water partition coefficient (Wildman–Crippen LogP) is 4.74. The summed E-state index contributed by atoms with van der Waals surface area (Å²) in [6.45, 7) is 2.62. The smallest absolute Gasteiger partial charge is 0.00955 e.